The molecule has 0 heterocycles. The molecule has 2 aromatic rings. The molecular formula is C40H59N9O11. The number of amides is 5. The summed E-state index contributed by atoms with van der Waals surface area (Å²) in [4.78, 5) is 96.0. The molecule has 5 atom stereocenters. The van der Waals surface area contributed by atoms with E-state index in [2.05, 4.69) is 31.6 Å². The number of esters is 1. The Bertz CT molecular complexity index is 1740. The van der Waals surface area contributed by atoms with E-state index in [0.717, 1.165) is 7.11 Å². The highest BCUT2D eigenvalue weighted by Crippen LogP contribution is 2.14. The van der Waals surface area contributed by atoms with Crippen LogP contribution >= 0.6 is 0 Å². The van der Waals surface area contributed by atoms with E-state index in [1.54, 1.807) is 56.3 Å². The number of phenolic OH excluding ortho intramolecular Hbond substituents is 1. The van der Waals surface area contributed by atoms with Gasteiger partial charge in [-0.15, -0.1) is 0 Å². The molecule has 13 N–H and O–H groups in total. The fraction of sp³-hybridized carbons (Fsp3) is 0.500. The van der Waals surface area contributed by atoms with Gasteiger partial charge in [0.15, 0.2) is 5.96 Å². The summed E-state index contributed by atoms with van der Waals surface area (Å²) >= 11 is 0. The van der Waals surface area contributed by atoms with Crippen molar-refractivity contribution >= 4 is 47.6 Å². The second-order valence-corrected chi connectivity index (χ2v) is 14.2. The van der Waals surface area contributed by atoms with Crippen LogP contribution in [0.25, 0.3) is 0 Å². The number of benzene rings is 2. The summed E-state index contributed by atoms with van der Waals surface area (Å²) in [6, 6.07) is 8.35. The molecule has 0 bridgehead atoms. The molecule has 0 aliphatic heterocycles. The Balaban J connectivity index is 2.31. The summed E-state index contributed by atoms with van der Waals surface area (Å²) < 4.78 is 10.2. The third-order valence-corrected chi connectivity index (χ3v) is 9.05. The number of rotatable bonds is 26. The fourth-order valence-electron chi connectivity index (χ4n) is 5.78. The Hall–Kier alpha value is -6.44. The quantitative estimate of drug-likeness (QED) is 0.0259. The van der Waals surface area contributed by atoms with Gasteiger partial charge in [-0.25, -0.2) is 9.59 Å². The van der Waals surface area contributed by atoms with Crippen LogP contribution in [0.2, 0.25) is 0 Å². The maximum Gasteiger partial charge on any atom is 0.408 e. The first-order valence-electron chi connectivity index (χ1n) is 19.6. The lowest BCUT2D eigenvalue weighted by molar-refractivity contribution is -0.145. The molecule has 0 spiro atoms. The SMILES string of the molecule is COC(=O)C(Cc1ccc(O)cc1)NC(=O)C(NC(=O)C(CCC(=O)O)NC(=O)C(CCCN=C(N)N)NC(=O)C(CCCCN)NC(=O)OCc1ccccc1)C(C)C. The number of aliphatic imine (C=N–C) groups is 1. The van der Waals surface area contributed by atoms with Gasteiger partial charge in [-0.3, -0.25) is 29.0 Å². The monoisotopic (exact) mass is 841 g/mol. The molecule has 0 saturated carbocycles. The van der Waals surface area contributed by atoms with E-state index in [4.69, 9.17) is 26.7 Å². The number of nitrogens with one attached hydrogen (secondary N) is 5. The first-order chi connectivity index (χ1) is 28.5. The van der Waals surface area contributed by atoms with Crippen molar-refractivity contribution in [2.45, 2.75) is 102 Å². The normalized spacial score (nSPS) is 13.3. The maximum atomic E-state index is 13.9. The Labute approximate surface area is 348 Å². The van der Waals surface area contributed by atoms with Crippen molar-refractivity contribution in [3.05, 3.63) is 65.7 Å². The summed E-state index contributed by atoms with van der Waals surface area (Å²) in [5.41, 5.74) is 17.9. The predicted molar refractivity (Wildman–Crippen MR) is 220 cm³/mol. The number of guanidine groups is 1. The molecule has 330 valence electrons. The van der Waals surface area contributed by atoms with Gasteiger partial charge in [0.05, 0.1) is 7.11 Å². The van der Waals surface area contributed by atoms with Crippen LogP contribution < -0.4 is 43.8 Å². The largest absolute Gasteiger partial charge is 0.508 e. The summed E-state index contributed by atoms with van der Waals surface area (Å²) in [6.07, 6.45) is -0.630. The van der Waals surface area contributed by atoms with Crippen molar-refractivity contribution < 1.29 is 53.2 Å². The van der Waals surface area contributed by atoms with Crippen molar-refractivity contribution in [2.24, 2.45) is 28.1 Å². The number of phenols is 1. The third-order valence-electron chi connectivity index (χ3n) is 9.05. The zero-order chi connectivity index (χ0) is 44.6. The van der Waals surface area contributed by atoms with Crippen LogP contribution in [0.5, 0.6) is 5.75 Å². The van der Waals surface area contributed by atoms with Crippen LogP contribution in [0.3, 0.4) is 0 Å². The van der Waals surface area contributed by atoms with Crippen molar-refractivity contribution in [1.29, 1.82) is 0 Å². The molecular weight excluding hydrogens is 782 g/mol. The minimum absolute atomic E-state index is 0.000417. The number of carbonyl (C=O) groups excluding carboxylic acids is 6. The second kappa shape index (κ2) is 26.5. The average Bonchev–Trinajstić information content (AvgIpc) is 3.21. The minimum Gasteiger partial charge on any atom is -0.508 e. The lowest BCUT2D eigenvalue weighted by Gasteiger charge is -2.28. The van der Waals surface area contributed by atoms with Crippen molar-refractivity contribution in [3.8, 4) is 5.75 Å². The van der Waals surface area contributed by atoms with E-state index in [9.17, 15) is 43.8 Å². The molecule has 5 amide bonds. The molecule has 0 aliphatic carbocycles. The minimum atomic E-state index is -1.51. The number of carbonyl (C=O) groups is 7. The van der Waals surface area contributed by atoms with Crippen LogP contribution in [0.1, 0.15) is 69.9 Å². The molecule has 20 heteroatoms. The fourth-order valence-corrected chi connectivity index (χ4v) is 5.78. The smallest absolute Gasteiger partial charge is 0.408 e. The zero-order valence-corrected chi connectivity index (χ0v) is 34.2. The van der Waals surface area contributed by atoms with E-state index >= 15 is 0 Å². The highest BCUT2D eigenvalue weighted by atomic mass is 16.5. The Kier molecular flexibility index (Phi) is 22.0. The van der Waals surface area contributed by atoms with Crippen molar-refractivity contribution in [2.75, 3.05) is 20.2 Å². The number of nitrogens with two attached hydrogens (primary N) is 3. The van der Waals surface area contributed by atoms with Gasteiger partial charge in [0.1, 0.15) is 42.6 Å². The molecule has 0 saturated heterocycles. The maximum absolute atomic E-state index is 13.9. The standard InChI is InChI=1S/C40H59N9O11/c1-24(2)33(37(56)47-31(38(57)59-3)22-25-14-16-27(50)17-15-25)49-36(55)30(18-19-32(51)52)46-34(53)28(13-9-21-44-39(42)43)45-35(54)29(12-7-8-20-41)48-40(58)60-23-26-10-5-4-6-11-26/h4-6,10-11,14-17,24,28-31,33,50H,7-9,12-13,18-23,41H2,1-3H3,(H,45,54)(H,46,53)(H,47,56)(H,48,58)(H,49,55)(H,51,52)(H4,42,43,44). The highest BCUT2D eigenvalue weighted by molar-refractivity contribution is 5.96. The van der Waals surface area contributed by atoms with Crippen LogP contribution in [-0.4, -0.2) is 108 Å². The summed E-state index contributed by atoms with van der Waals surface area (Å²) in [5.74, 6) is -6.13. The van der Waals surface area contributed by atoms with E-state index in [0.29, 0.717) is 30.5 Å². The Morgan fingerprint density at radius 2 is 1.27 bits per heavy atom. The van der Waals surface area contributed by atoms with Crippen LogP contribution in [0.4, 0.5) is 4.79 Å². The number of hydrogen-bond donors (Lipinski definition) is 10. The van der Waals surface area contributed by atoms with E-state index < -0.39 is 90.6 Å². The number of carboxylic acid groups (broad SMARTS) is 1. The molecule has 20 nitrogen and oxygen atoms in total. The number of aliphatic carboxylic acids is 1. The lowest BCUT2D eigenvalue weighted by Crippen LogP contribution is -2.60. The molecule has 0 aromatic heterocycles. The highest BCUT2D eigenvalue weighted by Gasteiger charge is 2.34. The van der Waals surface area contributed by atoms with E-state index in [1.807, 2.05) is 0 Å². The molecule has 2 rings (SSSR count). The number of ether oxygens (including phenoxy) is 2. The van der Waals surface area contributed by atoms with Crippen LogP contribution in [0.15, 0.2) is 59.6 Å². The number of hydrogen-bond acceptors (Lipinski definition) is 12. The zero-order valence-electron chi connectivity index (χ0n) is 34.2. The van der Waals surface area contributed by atoms with Gasteiger partial charge in [0.2, 0.25) is 23.6 Å². The van der Waals surface area contributed by atoms with Crippen LogP contribution in [0, 0.1) is 5.92 Å². The second-order valence-electron chi connectivity index (χ2n) is 14.2. The first-order valence-corrected chi connectivity index (χ1v) is 19.6. The van der Waals surface area contributed by atoms with Gasteiger partial charge in [0, 0.05) is 19.4 Å². The summed E-state index contributed by atoms with van der Waals surface area (Å²) in [6.45, 7) is 3.58. The number of methoxy groups -OCH3 is 1. The average molecular weight is 842 g/mol. The number of aromatic hydroxyl groups is 1. The van der Waals surface area contributed by atoms with Gasteiger partial charge < -0.3 is 63.5 Å². The van der Waals surface area contributed by atoms with Crippen molar-refractivity contribution in [3.63, 3.8) is 0 Å². The summed E-state index contributed by atoms with van der Waals surface area (Å²) in [5, 5.41) is 32.0. The van der Waals surface area contributed by atoms with Gasteiger partial charge >= 0.3 is 18.0 Å². The first kappa shape index (κ1) is 49.7. The van der Waals surface area contributed by atoms with Gasteiger partial charge in [0.25, 0.3) is 0 Å². The van der Waals surface area contributed by atoms with Gasteiger partial charge in [-0.1, -0.05) is 56.3 Å². The number of alkyl carbamates (subject to hydrolysis) is 1. The van der Waals surface area contributed by atoms with E-state index in [1.165, 1.54) is 12.1 Å². The van der Waals surface area contributed by atoms with Gasteiger partial charge in [-0.05, 0) is 74.2 Å². The lowest BCUT2D eigenvalue weighted by atomic mass is 10.00. The molecule has 60 heavy (non-hydrogen) atoms. The topological polar surface area (TPSA) is 329 Å². The molecule has 0 fully saturated rings. The molecule has 0 aliphatic rings. The molecule has 2 aromatic carbocycles. The Morgan fingerprint density at radius 3 is 1.83 bits per heavy atom. The molecule has 5 unspecified atom stereocenters. The molecule has 0 radical (unpaired) electrons. The Morgan fingerprint density at radius 1 is 0.700 bits per heavy atom. The van der Waals surface area contributed by atoms with E-state index in [-0.39, 0.29) is 50.5 Å². The predicted octanol–water partition coefficient (Wildman–Crippen LogP) is 0.0453. The third kappa shape index (κ3) is 18.9. The summed E-state index contributed by atoms with van der Waals surface area (Å²) in [7, 11) is 1.14. The van der Waals surface area contributed by atoms with Crippen LogP contribution in [-0.2, 0) is 51.3 Å². The number of carboxylic acids is 1. The number of nitrogens with zero attached hydrogens (tertiary/aromatic N) is 1. The number of unbranched alkanes of at least 4 members (excludes halogenated alkanes) is 1. The van der Waals surface area contributed by atoms with Gasteiger partial charge in [-0.2, -0.15) is 0 Å². The van der Waals surface area contributed by atoms with Crippen molar-refractivity contribution in [1.82, 2.24) is 26.6 Å².